The van der Waals surface area contributed by atoms with Crippen LogP contribution in [0.5, 0.6) is 17.2 Å². The molecule has 0 aromatic heterocycles. The van der Waals surface area contributed by atoms with E-state index in [0.29, 0.717) is 30.1 Å². The molecule has 2 aromatic rings. The SMILES string of the molecule is CC(C)(CC(=O)O)CC(=O)N[C@@H]1CCC[C@@H](Oc2ccccc2Oc2ccccc2)[C@@H]1O. The maximum Gasteiger partial charge on any atom is 0.303 e. The van der Waals surface area contributed by atoms with E-state index in [1.54, 1.807) is 26.0 Å². The highest BCUT2D eigenvalue weighted by Gasteiger charge is 2.36. The lowest BCUT2D eigenvalue weighted by Crippen LogP contribution is -2.53. The summed E-state index contributed by atoms with van der Waals surface area (Å²) < 4.78 is 12.1. The van der Waals surface area contributed by atoms with Gasteiger partial charge < -0.3 is 25.0 Å². The summed E-state index contributed by atoms with van der Waals surface area (Å²) in [6, 6.07) is 16.2. The summed E-state index contributed by atoms with van der Waals surface area (Å²) in [6.07, 6.45) is 0.653. The van der Waals surface area contributed by atoms with Gasteiger partial charge in [-0.15, -0.1) is 0 Å². The third kappa shape index (κ3) is 6.72. The van der Waals surface area contributed by atoms with E-state index in [2.05, 4.69) is 5.32 Å². The Morgan fingerprint density at radius 2 is 1.66 bits per heavy atom. The van der Waals surface area contributed by atoms with Gasteiger partial charge in [0.2, 0.25) is 5.91 Å². The Morgan fingerprint density at radius 1 is 1.00 bits per heavy atom. The van der Waals surface area contributed by atoms with Crippen LogP contribution in [0.1, 0.15) is 46.0 Å². The molecule has 7 heteroatoms. The summed E-state index contributed by atoms with van der Waals surface area (Å²) in [5.74, 6) is 0.545. The zero-order valence-corrected chi connectivity index (χ0v) is 18.5. The second kappa shape index (κ2) is 10.5. The first-order valence-electron chi connectivity index (χ1n) is 10.9. The van der Waals surface area contributed by atoms with Crippen LogP contribution >= 0.6 is 0 Å². The molecule has 0 aliphatic heterocycles. The number of aliphatic hydroxyl groups is 1. The maximum absolute atomic E-state index is 12.5. The quantitative estimate of drug-likeness (QED) is 0.540. The highest BCUT2D eigenvalue weighted by molar-refractivity contribution is 5.78. The van der Waals surface area contributed by atoms with Crippen LogP contribution in [0.2, 0.25) is 0 Å². The molecule has 7 nitrogen and oxygen atoms in total. The van der Waals surface area contributed by atoms with Crippen molar-refractivity contribution in [1.82, 2.24) is 5.32 Å². The van der Waals surface area contributed by atoms with Gasteiger partial charge in [0, 0.05) is 6.42 Å². The molecular formula is C25H31NO6. The molecule has 1 aliphatic rings. The lowest BCUT2D eigenvalue weighted by Gasteiger charge is -2.36. The standard InChI is InChI=1S/C25H31NO6/c1-25(2,16-23(28)29)15-22(27)26-18-11-8-14-21(24(18)30)32-20-13-7-6-12-19(20)31-17-9-4-3-5-10-17/h3-7,9-10,12-13,18,21,24,30H,8,11,14-16H2,1-2H3,(H,26,27)(H,28,29)/t18-,21-,24-/m1/s1. The molecule has 0 saturated heterocycles. The predicted octanol–water partition coefficient (Wildman–Crippen LogP) is 4.15. The molecule has 3 rings (SSSR count). The molecule has 3 N–H and O–H groups in total. The Hall–Kier alpha value is -3.06. The fraction of sp³-hybridized carbons (Fsp3) is 0.440. The van der Waals surface area contributed by atoms with E-state index in [1.165, 1.54) is 0 Å². The number of carboxylic acids is 1. The van der Waals surface area contributed by atoms with Gasteiger partial charge in [0.05, 0.1) is 12.5 Å². The zero-order valence-electron chi connectivity index (χ0n) is 18.5. The largest absolute Gasteiger partial charge is 0.484 e. The molecule has 0 unspecified atom stereocenters. The van der Waals surface area contributed by atoms with Crippen molar-refractivity contribution in [2.24, 2.45) is 5.41 Å². The normalized spacial score (nSPS) is 20.9. The Bertz CT molecular complexity index is 914. The molecule has 32 heavy (non-hydrogen) atoms. The smallest absolute Gasteiger partial charge is 0.303 e. The van der Waals surface area contributed by atoms with Crippen LogP contribution < -0.4 is 14.8 Å². The topological polar surface area (TPSA) is 105 Å². The van der Waals surface area contributed by atoms with Crippen molar-refractivity contribution < 1.29 is 29.3 Å². The molecule has 1 aliphatic carbocycles. The van der Waals surface area contributed by atoms with Gasteiger partial charge in [0.1, 0.15) is 18.0 Å². The number of hydrogen-bond acceptors (Lipinski definition) is 5. The van der Waals surface area contributed by atoms with Crippen molar-refractivity contribution in [2.45, 2.75) is 64.2 Å². The molecule has 1 amide bonds. The zero-order chi connectivity index (χ0) is 23.1. The first kappa shape index (κ1) is 23.6. The van der Waals surface area contributed by atoms with E-state index in [4.69, 9.17) is 14.6 Å². The Balaban J connectivity index is 1.63. The number of amides is 1. The number of aliphatic carboxylic acids is 1. The number of benzene rings is 2. The van der Waals surface area contributed by atoms with E-state index in [-0.39, 0.29) is 18.7 Å². The molecule has 3 atom stereocenters. The molecule has 1 saturated carbocycles. The van der Waals surface area contributed by atoms with E-state index in [1.807, 2.05) is 42.5 Å². The van der Waals surface area contributed by atoms with Crippen molar-refractivity contribution >= 4 is 11.9 Å². The molecule has 1 fully saturated rings. The Morgan fingerprint density at radius 3 is 2.34 bits per heavy atom. The van der Waals surface area contributed by atoms with Gasteiger partial charge in [0.15, 0.2) is 11.5 Å². The van der Waals surface area contributed by atoms with Crippen molar-refractivity contribution in [3.63, 3.8) is 0 Å². The highest BCUT2D eigenvalue weighted by atomic mass is 16.5. The second-order valence-corrected chi connectivity index (χ2v) is 9.03. The minimum Gasteiger partial charge on any atom is -0.484 e. The van der Waals surface area contributed by atoms with Gasteiger partial charge in [0.25, 0.3) is 0 Å². The Labute approximate surface area is 188 Å². The number of aliphatic hydroxyl groups excluding tert-OH is 1. The molecule has 172 valence electrons. The summed E-state index contributed by atoms with van der Waals surface area (Å²) in [4.78, 5) is 23.5. The number of carbonyl (C=O) groups excluding carboxylic acids is 1. The second-order valence-electron chi connectivity index (χ2n) is 9.03. The van der Waals surface area contributed by atoms with Crippen LogP contribution in [0.4, 0.5) is 0 Å². The van der Waals surface area contributed by atoms with E-state index >= 15 is 0 Å². The molecule has 0 heterocycles. The number of carbonyl (C=O) groups is 2. The number of carboxylic acid groups (broad SMARTS) is 1. The van der Waals surface area contributed by atoms with Gasteiger partial charge in [-0.1, -0.05) is 44.2 Å². The van der Waals surface area contributed by atoms with Crippen LogP contribution in [-0.2, 0) is 9.59 Å². The first-order chi connectivity index (χ1) is 15.2. The summed E-state index contributed by atoms with van der Waals surface area (Å²) in [5.41, 5.74) is -0.668. The van der Waals surface area contributed by atoms with Crippen LogP contribution in [0, 0.1) is 5.41 Å². The number of ether oxygens (including phenoxy) is 2. The predicted molar refractivity (Wildman–Crippen MR) is 120 cm³/mol. The van der Waals surface area contributed by atoms with Crippen molar-refractivity contribution in [3.8, 4) is 17.2 Å². The van der Waals surface area contributed by atoms with Crippen LogP contribution in [-0.4, -0.2) is 40.3 Å². The molecule has 0 bridgehead atoms. The van der Waals surface area contributed by atoms with Gasteiger partial charge >= 0.3 is 5.97 Å². The Kier molecular flexibility index (Phi) is 7.75. The monoisotopic (exact) mass is 441 g/mol. The molecule has 2 aromatic carbocycles. The summed E-state index contributed by atoms with van der Waals surface area (Å²) >= 11 is 0. The van der Waals surface area contributed by atoms with Crippen molar-refractivity contribution in [2.75, 3.05) is 0 Å². The van der Waals surface area contributed by atoms with E-state index < -0.39 is 29.6 Å². The van der Waals surface area contributed by atoms with Crippen molar-refractivity contribution in [3.05, 3.63) is 54.6 Å². The third-order valence-electron chi connectivity index (χ3n) is 5.51. The fourth-order valence-electron chi connectivity index (χ4n) is 4.00. The average Bonchev–Trinajstić information content (AvgIpc) is 2.71. The summed E-state index contributed by atoms with van der Waals surface area (Å²) in [6.45, 7) is 3.49. The molecule has 0 radical (unpaired) electrons. The van der Waals surface area contributed by atoms with Gasteiger partial charge in [-0.3, -0.25) is 9.59 Å². The maximum atomic E-state index is 12.5. The fourth-order valence-corrected chi connectivity index (χ4v) is 4.00. The van der Waals surface area contributed by atoms with Gasteiger partial charge in [-0.2, -0.15) is 0 Å². The highest BCUT2D eigenvalue weighted by Crippen LogP contribution is 2.34. The van der Waals surface area contributed by atoms with Crippen LogP contribution in [0.15, 0.2) is 54.6 Å². The minimum absolute atomic E-state index is 0.0712. The van der Waals surface area contributed by atoms with Crippen LogP contribution in [0.25, 0.3) is 0 Å². The minimum atomic E-state index is -0.939. The lowest BCUT2D eigenvalue weighted by molar-refractivity contribution is -0.139. The van der Waals surface area contributed by atoms with Gasteiger partial charge in [-0.05, 0) is 48.9 Å². The number of rotatable bonds is 9. The number of hydrogen-bond donors (Lipinski definition) is 3. The number of para-hydroxylation sites is 3. The molecular weight excluding hydrogens is 410 g/mol. The first-order valence-corrected chi connectivity index (χ1v) is 10.9. The van der Waals surface area contributed by atoms with E-state index in [0.717, 1.165) is 6.42 Å². The summed E-state index contributed by atoms with van der Waals surface area (Å²) in [7, 11) is 0. The van der Waals surface area contributed by atoms with Crippen molar-refractivity contribution in [1.29, 1.82) is 0 Å². The average molecular weight is 442 g/mol. The lowest BCUT2D eigenvalue weighted by atomic mass is 9.84. The summed E-state index contributed by atoms with van der Waals surface area (Å²) in [5, 5.41) is 22.8. The third-order valence-corrected chi connectivity index (χ3v) is 5.51. The van der Waals surface area contributed by atoms with Gasteiger partial charge in [-0.25, -0.2) is 0 Å². The van der Waals surface area contributed by atoms with Crippen LogP contribution in [0.3, 0.4) is 0 Å². The van der Waals surface area contributed by atoms with E-state index in [9.17, 15) is 14.7 Å². The number of nitrogens with one attached hydrogen (secondary N) is 1. The molecule has 0 spiro atoms.